The van der Waals surface area contributed by atoms with Crippen LogP contribution in [0.2, 0.25) is 0 Å². The van der Waals surface area contributed by atoms with Crippen LogP contribution in [0.5, 0.6) is 0 Å². The van der Waals surface area contributed by atoms with Gasteiger partial charge in [-0.15, -0.1) is 0 Å². The summed E-state index contributed by atoms with van der Waals surface area (Å²) in [7, 11) is 0. The molecule has 2 N–H and O–H groups in total. The Hall–Kier alpha value is -1.58. The first-order chi connectivity index (χ1) is 9.72. The zero-order chi connectivity index (χ0) is 14.4. The SMILES string of the molecule is CCNc1cc(C(=O)NC2CCCC(CC)C2)ccn1. The molecule has 0 saturated heterocycles. The average Bonchev–Trinajstić information content (AvgIpc) is 2.48. The van der Waals surface area contributed by atoms with Crippen LogP contribution in [0.15, 0.2) is 18.3 Å². The third-order valence-corrected chi connectivity index (χ3v) is 4.08. The van der Waals surface area contributed by atoms with E-state index in [1.807, 2.05) is 13.0 Å². The van der Waals surface area contributed by atoms with E-state index in [9.17, 15) is 4.79 Å². The van der Waals surface area contributed by atoms with Gasteiger partial charge in [-0.05, 0) is 37.8 Å². The number of amides is 1. The first-order valence-corrected chi connectivity index (χ1v) is 7.73. The Balaban J connectivity index is 1.95. The molecule has 110 valence electrons. The molecular weight excluding hydrogens is 250 g/mol. The predicted molar refractivity (Wildman–Crippen MR) is 81.9 cm³/mol. The van der Waals surface area contributed by atoms with Crippen molar-refractivity contribution in [1.29, 1.82) is 0 Å². The quantitative estimate of drug-likeness (QED) is 0.867. The van der Waals surface area contributed by atoms with E-state index < -0.39 is 0 Å². The summed E-state index contributed by atoms with van der Waals surface area (Å²) in [6.45, 7) is 5.06. The monoisotopic (exact) mass is 275 g/mol. The van der Waals surface area contributed by atoms with Gasteiger partial charge in [-0.3, -0.25) is 4.79 Å². The maximum absolute atomic E-state index is 12.3. The summed E-state index contributed by atoms with van der Waals surface area (Å²) in [4.78, 5) is 16.5. The number of anilines is 1. The van der Waals surface area contributed by atoms with E-state index in [-0.39, 0.29) is 5.91 Å². The molecule has 1 fully saturated rings. The number of aromatic nitrogens is 1. The van der Waals surface area contributed by atoms with Crippen molar-refractivity contribution in [2.75, 3.05) is 11.9 Å². The molecule has 2 rings (SSSR count). The van der Waals surface area contributed by atoms with Crippen LogP contribution in [-0.2, 0) is 0 Å². The summed E-state index contributed by atoms with van der Waals surface area (Å²) < 4.78 is 0. The van der Waals surface area contributed by atoms with Crippen LogP contribution in [0.4, 0.5) is 5.82 Å². The smallest absolute Gasteiger partial charge is 0.251 e. The zero-order valence-electron chi connectivity index (χ0n) is 12.5. The number of carbonyl (C=O) groups excluding carboxylic acids is 1. The lowest BCUT2D eigenvalue weighted by molar-refractivity contribution is 0.0919. The highest BCUT2D eigenvalue weighted by atomic mass is 16.1. The van der Waals surface area contributed by atoms with Gasteiger partial charge in [0.25, 0.3) is 5.91 Å². The average molecular weight is 275 g/mol. The van der Waals surface area contributed by atoms with Gasteiger partial charge < -0.3 is 10.6 Å². The summed E-state index contributed by atoms with van der Waals surface area (Å²) in [5, 5.41) is 6.31. The maximum Gasteiger partial charge on any atom is 0.251 e. The second kappa shape index (κ2) is 7.27. The second-order valence-electron chi connectivity index (χ2n) is 5.57. The first-order valence-electron chi connectivity index (χ1n) is 7.73. The minimum atomic E-state index is 0.0216. The molecule has 1 heterocycles. The third-order valence-electron chi connectivity index (χ3n) is 4.08. The molecule has 0 aromatic carbocycles. The molecule has 20 heavy (non-hydrogen) atoms. The molecule has 2 atom stereocenters. The minimum Gasteiger partial charge on any atom is -0.370 e. The van der Waals surface area contributed by atoms with E-state index in [1.165, 1.54) is 19.3 Å². The van der Waals surface area contributed by atoms with Crippen molar-refractivity contribution in [3.05, 3.63) is 23.9 Å². The number of nitrogens with one attached hydrogen (secondary N) is 2. The molecule has 0 spiro atoms. The van der Waals surface area contributed by atoms with Crippen LogP contribution >= 0.6 is 0 Å². The van der Waals surface area contributed by atoms with Crippen molar-refractivity contribution >= 4 is 11.7 Å². The second-order valence-corrected chi connectivity index (χ2v) is 5.57. The molecule has 0 aliphatic heterocycles. The van der Waals surface area contributed by atoms with Gasteiger partial charge in [0.2, 0.25) is 0 Å². The lowest BCUT2D eigenvalue weighted by atomic mass is 9.84. The van der Waals surface area contributed by atoms with Gasteiger partial charge in [-0.2, -0.15) is 0 Å². The van der Waals surface area contributed by atoms with Crippen LogP contribution in [0.25, 0.3) is 0 Å². The molecule has 1 saturated carbocycles. The number of rotatable bonds is 5. The van der Waals surface area contributed by atoms with Crippen LogP contribution in [0.3, 0.4) is 0 Å². The summed E-state index contributed by atoms with van der Waals surface area (Å²) in [6.07, 6.45) is 7.65. The molecule has 2 unspecified atom stereocenters. The molecule has 0 radical (unpaired) electrons. The number of pyridine rings is 1. The Labute approximate surface area is 121 Å². The third kappa shape index (κ3) is 3.95. The van der Waals surface area contributed by atoms with Crippen molar-refractivity contribution in [3.63, 3.8) is 0 Å². The lowest BCUT2D eigenvalue weighted by Gasteiger charge is -2.29. The number of nitrogens with zero attached hydrogens (tertiary/aromatic N) is 1. The van der Waals surface area contributed by atoms with E-state index in [0.717, 1.165) is 31.1 Å². The van der Waals surface area contributed by atoms with Crippen molar-refractivity contribution in [1.82, 2.24) is 10.3 Å². The summed E-state index contributed by atoms with van der Waals surface area (Å²) in [6, 6.07) is 3.92. The van der Waals surface area contributed by atoms with Crippen LogP contribution < -0.4 is 10.6 Å². The highest BCUT2D eigenvalue weighted by molar-refractivity contribution is 5.95. The van der Waals surface area contributed by atoms with Crippen molar-refractivity contribution in [2.45, 2.75) is 52.0 Å². The van der Waals surface area contributed by atoms with Gasteiger partial charge in [0.1, 0.15) is 5.82 Å². The van der Waals surface area contributed by atoms with Crippen LogP contribution in [-0.4, -0.2) is 23.5 Å². The van der Waals surface area contributed by atoms with Crippen molar-refractivity contribution in [3.8, 4) is 0 Å². The Morgan fingerprint density at radius 2 is 2.25 bits per heavy atom. The highest BCUT2D eigenvalue weighted by Gasteiger charge is 2.22. The fourth-order valence-corrected chi connectivity index (χ4v) is 2.91. The molecule has 1 aliphatic rings. The van der Waals surface area contributed by atoms with Gasteiger partial charge >= 0.3 is 0 Å². The molecule has 4 heteroatoms. The molecule has 0 bridgehead atoms. The molecule has 4 nitrogen and oxygen atoms in total. The van der Waals surface area contributed by atoms with Crippen molar-refractivity contribution in [2.24, 2.45) is 5.92 Å². The Morgan fingerprint density at radius 3 is 3.00 bits per heavy atom. The van der Waals surface area contributed by atoms with E-state index in [4.69, 9.17) is 0 Å². The van der Waals surface area contributed by atoms with E-state index in [1.54, 1.807) is 12.3 Å². The molecular formula is C16H25N3O. The number of hydrogen-bond acceptors (Lipinski definition) is 3. The molecule has 1 aliphatic carbocycles. The fraction of sp³-hybridized carbons (Fsp3) is 0.625. The van der Waals surface area contributed by atoms with E-state index in [0.29, 0.717) is 11.6 Å². The molecule has 1 aromatic heterocycles. The Morgan fingerprint density at radius 1 is 1.40 bits per heavy atom. The van der Waals surface area contributed by atoms with Crippen molar-refractivity contribution < 1.29 is 4.79 Å². The zero-order valence-corrected chi connectivity index (χ0v) is 12.5. The Kier molecular flexibility index (Phi) is 5.39. The minimum absolute atomic E-state index is 0.0216. The van der Waals surface area contributed by atoms with Crippen LogP contribution in [0.1, 0.15) is 56.3 Å². The van der Waals surface area contributed by atoms with Gasteiger partial charge in [-0.25, -0.2) is 4.98 Å². The summed E-state index contributed by atoms with van der Waals surface area (Å²) in [5.74, 6) is 1.55. The summed E-state index contributed by atoms with van der Waals surface area (Å²) in [5.41, 5.74) is 0.689. The standard InChI is InChI=1S/C16H25N3O/c1-3-12-6-5-7-14(10-12)19-16(20)13-8-9-18-15(11-13)17-4-2/h8-9,11-12,14H,3-7,10H2,1-2H3,(H,17,18)(H,19,20). The maximum atomic E-state index is 12.3. The topological polar surface area (TPSA) is 54.0 Å². The highest BCUT2D eigenvalue weighted by Crippen LogP contribution is 2.26. The van der Waals surface area contributed by atoms with Gasteiger partial charge in [-0.1, -0.05) is 26.2 Å². The normalized spacial score (nSPS) is 22.3. The predicted octanol–water partition coefficient (Wildman–Crippen LogP) is 3.21. The first kappa shape index (κ1) is 14.8. The van der Waals surface area contributed by atoms with Gasteiger partial charge in [0.15, 0.2) is 0 Å². The molecule has 1 amide bonds. The largest absolute Gasteiger partial charge is 0.370 e. The van der Waals surface area contributed by atoms with E-state index >= 15 is 0 Å². The number of carbonyl (C=O) groups is 1. The molecule has 1 aromatic rings. The van der Waals surface area contributed by atoms with Gasteiger partial charge in [0.05, 0.1) is 0 Å². The fourth-order valence-electron chi connectivity index (χ4n) is 2.91. The number of hydrogen-bond donors (Lipinski definition) is 2. The van der Waals surface area contributed by atoms with Gasteiger partial charge in [0, 0.05) is 24.3 Å². The van der Waals surface area contributed by atoms with E-state index in [2.05, 4.69) is 22.5 Å². The lowest BCUT2D eigenvalue weighted by Crippen LogP contribution is -2.38. The Bertz CT molecular complexity index is 447. The summed E-state index contributed by atoms with van der Waals surface area (Å²) >= 11 is 0. The van der Waals surface area contributed by atoms with Crippen LogP contribution in [0, 0.1) is 5.92 Å².